The summed E-state index contributed by atoms with van der Waals surface area (Å²) in [7, 11) is 0. The van der Waals surface area contributed by atoms with Gasteiger partial charge in [0.05, 0.1) is 0 Å². The van der Waals surface area contributed by atoms with E-state index >= 15 is 0 Å². The van der Waals surface area contributed by atoms with Crippen molar-refractivity contribution in [1.29, 1.82) is 0 Å². The summed E-state index contributed by atoms with van der Waals surface area (Å²) in [5.41, 5.74) is 5.37. The zero-order valence-corrected chi connectivity index (χ0v) is 14.1. The van der Waals surface area contributed by atoms with E-state index in [2.05, 4.69) is 10.6 Å². The minimum Gasteiger partial charge on any atom is -0.444 e. The molecule has 128 valence electrons. The monoisotopic (exact) mass is 313 g/mol. The normalized spacial score (nSPS) is 22.0. The highest BCUT2D eigenvalue weighted by molar-refractivity contribution is 5.78. The molecule has 22 heavy (non-hydrogen) atoms. The van der Waals surface area contributed by atoms with Gasteiger partial charge in [-0.2, -0.15) is 0 Å². The van der Waals surface area contributed by atoms with Crippen molar-refractivity contribution in [2.75, 3.05) is 13.1 Å². The molecule has 6 nitrogen and oxygen atoms in total. The lowest BCUT2D eigenvalue weighted by atomic mass is 9.86. The lowest BCUT2D eigenvalue weighted by Gasteiger charge is -2.25. The molecule has 0 saturated heterocycles. The fraction of sp³-hybridized carbons (Fsp3) is 0.875. The molecule has 0 atom stereocenters. The number of rotatable bonds is 6. The van der Waals surface area contributed by atoms with Crippen LogP contribution in [0.15, 0.2) is 0 Å². The Balaban J connectivity index is 2.01. The number of hydrogen-bond acceptors (Lipinski definition) is 4. The smallest absolute Gasteiger partial charge is 0.407 e. The quantitative estimate of drug-likeness (QED) is 0.653. The Morgan fingerprint density at radius 3 is 2.14 bits per heavy atom. The minimum absolute atomic E-state index is 0.125. The van der Waals surface area contributed by atoms with Crippen molar-refractivity contribution in [1.82, 2.24) is 10.6 Å². The first-order valence-corrected chi connectivity index (χ1v) is 8.28. The highest BCUT2D eigenvalue weighted by Gasteiger charge is 2.24. The Morgan fingerprint density at radius 2 is 1.59 bits per heavy atom. The standard InChI is InChI=1S/C16H31N3O3/c1-16(2,3)22-15(21)19-11-5-4-10-18-14(20)12-6-8-13(17)9-7-12/h12-13H,4-11,17H2,1-3H3,(H,18,20)(H,19,21). The lowest BCUT2D eigenvalue weighted by molar-refractivity contribution is -0.126. The third-order valence-corrected chi connectivity index (χ3v) is 3.71. The Morgan fingerprint density at radius 1 is 1.05 bits per heavy atom. The second-order valence-corrected chi connectivity index (χ2v) is 7.04. The zero-order chi connectivity index (χ0) is 16.6. The molecule has 0 unspecified atom stereocenters. The third kappa shape index (κ3) is 8.22. The van der Waals surface area contributed by atoms with Crippen LogP contribution in [0.2, 0.25) is 0 Å². The molecule has 0 bridgehead atoms. The number of hydrogen-bond donors (Lipinski definition) is 3. The number of nitrogens with one attached hydrogen (secondary N) is 2. The fourth-order valence-electron chi connectivity index (χ4n) is 2.49. The largest absolute Gasteiger partial charge is 0.444 e. The Bertz CT molecular complexity index is 358. The van der Waals surface area contributed by atoms with Crippen molar-refractivity contribution in [2.45, 2.75) is 70.9 Å². The van der Waals surface area contributed by atoms with Crippen molar-refractivity contribution in [2.24, 2.45) is 11.7 Å². The van der Waals surface area contributed by atoms with Crippen LogP contribution < -0.4 is 16.4 Å². The van der Waals surface area contributed by atoms with Gasteiger partial charge in [-0.3, -0.25) is 4.79 Å². The van der Waals surface area contributed by atoms with E-state index in [1.54, 1.807) is 0 Å². The molecule has 0 aromatic heterocycles. The molecule has 0 aromatic carbocycles. The van der Waals surface area contributed by atoms with Crippen LogP contribution in [0.4, 0.5) is 4.79 Å². The van der Waals surface area contributed by atoms with Crippen LogP contribution >= 0.6 is 0 Å². The van der Waals surface area contributed by atoms with Crippen LogP contribution in [0.5, 0.6) is 0 Å². The molecule has 1 aliphatic carbocycles. The molecule has 4 N–H and O–H groups in total. The molecule has 1 rings (SSSR count). The molecular weight excluding hydrogens is 282 g/mol. The number of carbonyl (C=O) groups excluding carboxylic acids is 2. The third-order valence-electron chi connectivity index (χ3n) is 3.71. The molecule has 0 radical (unpaired) electrons. The summed E-state index contributed by atoms with van der Waals surface area (Å²) in [6, 6.07) is 0.267. The number of carbonyl (C=O) groups is 2. The minimum atomic E-state index is -0.472. The van der Waals surface area contributed by atoms with Gasteiger partial charge in [0, 0.05) is 25.0 Å². The van der Waals surface area contributed by atoms with Crippen LogP contribution in [0, 0.1) is 5.92 Å². The number of amides is 2. The van der Waals surface area contributed by atoms with Crippen LogP contribution in [-0.4, -0.2) is 36.7 Å². The summed E-state index contributed by atoms with van der Waals surface area (Å²) in [5.74, 6) is 0.270. The van der Waals surface area contributed by atoms with E-state index in [1.807, 2.05) is 20.8 Å². The van der Waals surface area contributed by atoms with Gasteiger partial charge in [-0.05, 0) is 59.3 Å². The molecule has 1 fully saturated rings. The van der Waals surface area contributed by atoms with Gasteiger partial charge < -0.3 is 21.1 Å². The summed E-state index contributed by atoms with van der Waals surface area (Å²) >= 11 is 0. The van der Waals surface area contributed by atoms with Crippen molar-refractivity contribution < 1.29 is 14.3 Å². The summed E-state index contributed by atoms with van der Waals surface area (Å²) in [4.78, 5) is 23.4. The summed E-state index contributed by atoms with van der Waals surface area (Å²) in [6.07, 6.45) is 4.94. The maximum Gasteiger partial charge on any atom is 0.407 e. The lowest BCUT2D eigenvalue weighted by Crippen LogP contribution is -2.37. The molecule has 0 aliphatic heterocycles. The highest BCUT2D eigenvalue weighted by atomic mass is 16.6. The molecule has 0 spiro atoms. The molecular formula is C16H31N3O3. The average molecular weight is 313 g/mol. The van der Waals surface area contributed by atoms with Crippen LogP contribution in [-0.2, 0) is 9.53 Å². The van der Waals surface area contributed by atoms with Gasteiger partial charge in [0.1, 0.15) is 5.60 Å². The van der Waals surface area contributed by atoms with E-state index in [0.717, 1.165) is 38.5 Å². The average Bonchev–Trinajstić information content (AvgIpc) is 2.41. The topological polar surface area (TPSA) is 93.5 Å². The fourth-order valence-corrected chi connectivity index (χ4v) is 2.49. The molecule has 2 amide bonds. The van der Waals surface area contributed by atoms with Gasteiger partial charge >= 0.3 is 6.09 Å². The predicted molar refractivity (Wildman–Crippen MR) is 86.4 cm³/mol. The van der Waals surface area contributed by atoms with Crippen LogP contribution in [0.1, 0.15) is 59.3 Å². The van der Waals surface area contributed by atoms with Crippen LogP contribution in [0.3, 0.4) is 0 Å². The van der Waals surface area contributed by atoms with Gasteiger partial charge in [-0.25, -0.2) is 4.79 Å². The number of unbranched alkanes of at least 4 members (excludes halogenated alkanes) is 1. The van der Waals surface area contributed by atoms with Crippen molar-refractivity contribution in [3.8, 4) is 0 Å². The first-order chi connectivity index (χ1) is 10.3. The maximum atomic E-state index is 12.0. The Kier molecular flexibility index (Phi) is 7.65. The van der Waals surface area contributed by atoms with Crippen LogP contribution in [0.25, 0.3) is 0 Å². The first-order valence-electron chi connectivity index (χ1n) is 8.28. The van der Waals surface area contributed by atoms with Gasteiger partial charge in [0.2, 0.25) is 5.91 Å². The molecule has 6 heteroatoms. The van der Waals surface area contributed by atoms with E-state index in [4.69, 9.17) is 10.5 Å². The zero-order valence-electron chi connectivity index (χ0n) is 14.1. The second-order valence-electron chi connectivity index (χ2n) is 7.04. The van der Waals surface area contributed by atoms with Crippen molar-refractivity contribution in [3.05, 3.63) is 0 Å². The molecule has 1 saturated carbocycles. The van der Waals surface area contributed by atoms with Gasteiger partial charge in [-0.1, -0.05) is 0 Å². The number of ether oxygens (including phenoxy) is 1. The van der Waals surface area contributed by atoms with E-state index in [-0.39, 0.29) is 17.9 Å². The van der Waals surface area contributed by atoms with E-state index in [0.29, 0.717) is 13.1 Å². The Labute approximate surface area is 133 Å². The van der Waals surface area contributed by atoms with Crippen molar-refractivity contribution >= 4 is 12.0 Å². The van der Waals surface area contributed by atoms with E-state index in [1.165, 1.54) is 0 Å². The summed E-state index contributed by atoms with van der Waals surface area (Å²) < 4.78 is 5.14. The molecule has 0 heterocycles. The molecule has 1 aliphatic rings. The highest BCUT2D eigenvalue weighted by Crippen LogP contribution is 2.23. The van der Waals surface area contributed by atoms with Gasteiger partial charge in [0.25, 0.3) is 0 Å². The predicted octanol–water partition coefficient (Wildman–Crippen LogP) is 1.92. The van der Waals surface area contributed by atoms with Gasteiger partial charge in [-0.15, -0.1) is 0 Å². The van der Waals surface area contributed by atoms with Gasteiger partial charge in [0.15, 0.2) is 0 Å². The first kappa shape index (κ1) is 18.7. The molecule has 0 aromatic rings. The van der Waals surface area contributed by atoms with E-state index < -0.39 is 11.7 Å². The summed E-state index contributed by atoms with van der Waals surface area (Å²) in [5, 5.41) is 5.68. The van der Waals surface area contributed by atoms with Crippen molar-refractivity contribution in [3.63, 3.8) is 0 Å². The number of alkyl carbamates (subject to hydrolysis) is 1. The Hall–Kier alpha value is -1.30. The van der Waals surface area contributed by atoms with E-state index in [9.17, 15) is 9.59 Å². The summed E-state index contributed by atoms with van der Waals surface area (Å²) in [6.45, 7) is 6.71. The SMILES string of the molecule is CC(C)(C)OC(=O)NCCCCNC(=O)C1CCC(N)CC1. The number of nitrogens with two attached hydrogens (primary N) is 1. The maximum absolute atomic E-state index is 12.0. The second kappa shape index (κ2) is 8.98.